The minimum atomic E-state index is -3.71. The first-order chi connectivity index (χ1) is 19.8. The molecule has 1 saturated carbocycles. The highest BCUT2D eigenvalue weighted by Gasteiger charge is 2.30. The molecule has 0 radical (unpaired) electrons. The zero-order valence-electron chi connectivity index (χ0n) is 24.3. The molecule has 0 spiro atoms. The van der Waals surface area contributed by atoms with Crippen molar-refractivity contribution in [2.45, 2.75) is 69.4 Å². The number of ether oxygens (including phenoxy) is 1. The van der Waals surface area contributed by atoms with E-state index in [1.165, 1.54) is 0 Å². The number of rotatable bonds is 10. The van der Waals surface area contributed by atoms with Gasteiger partial charge < -0.3 is 14.2 Å². The van der Waals surface area contributed by atoms with Gasteiger partial charge in [-0.2, -0.15) is 0 Å². The quantitative estimate of drug-likeness (QED) is 0.338. The number of benzene rings is 2. The van der Waals surface area contributed by atoms with Crippen LogP contribution in [0.2, 0.25) is 0 Å². The molecule has 2 aromatic carbocycles. The topological polar surface area (TPSA) is 84.7 Å². The highest BCUT2D eigenvalue weighted by Crippen LogP contribution is 2.33. The summed E-state index contributed by atoms with van der Waals surface area (Å²) in [7, 11) is -3.71. The van der Waals surface area contributed by atoms with Gasteiger partial charge in [-0.05, 0) is 43.9 Å². The summed E-state index contributed by atoms with van der Waals surface area (Å²) >= 11 is 0. The van der Waals surface area contributed by atoms with Crippen LogP contribution >= 0.6 is 0 Å². The zero-order valence-corrected chi connectivity index (χ0v) is 25.1. The molecule has 0 bridgehead atoms. The van der Waals surface area contributed by atoms with Crippen LogP contribution < -0.4 is 0 Å². The molecule has 9 heteroatoms. The van der Waals surface area contributed by atoms with Gasteiger partial charge in [0.05, 0.1) is 37.4 Å². The monoisotopic (exact) mass is 578 g/mol. The van der Waals surface area contributed by atoms with Gasteiger partial charge in [0.1, 0.15) is 0 Å². The van der Waals surface area contributed by atoms with Gasteiger partial charge in [-0.25, -0.2) is 13.4 Å². The van der Waals surface area contributed by atoms with Gasteiger partial charge in [-0.3, -0.25) is 9.69 Å². The van der Waals surface area contributed by atoms with Crippen molar-refractivity contribution >= 4 is 15.7 Å². The Labute approximate surface area is 244 Å². The largest absolute Gasteiger partial charge is 0.379 e. The maximum Gasteiger partial charge on any atom is 0.254 e. The van der Waals surface area contributed by atoms with E-state index in [1.54, 1.807) is 6.20 Å². The van der Waals surface area contributed by atoms with E-state index < -0.39 is 9.84 Å². The summed E-state index contributed by atoms with van der Waals surface area (Å²) < 4.78 is 35.1. The first kappa shape index (κ1) is 29.5. The third-order valence-corrected chi connectivity index (χ3v) is 9.87. The summed E-state index contributed by atoms with van der Waals surface area (Å²) in [5.41, 5.74) is 4.16. The fraction of sp³-hybridized carbons (Fsp3) is 0.500. The Hall–Kier alpha value is -3.01. The molecule has 8 nitrogen and oxygen atoms in total. The van der Waals surface area contributed by atoms with Crippen molar-refractivity contribution in [2.24, 2.45) is 0 Å². The number of aromatic nitrogens is 2. The van der Waals surface area contributed by atoms with E-state index in [0.717, 1.165) is 74.1 Å². The lowest BCUT2D eigenvalue weighted by molar-refractivity contribution is 0.0318. The number of nitrogens with zero attached hydrogens (tertiary/aromatic N) is 4. The Morgan fingerprint density at radius 2 is 1.78 bits per heavy atom. The van der Waals surface area contributed by atoms with Crippen molar-refractivity contribution in [3.63, 3.8) is 0 Å². The maximum absolute atomic E-state index is 13.9. The number of amides is 1. The normalized spacial score (nSPS) is 17.0. The standard InChI is InChI=1S/C32H42N4O4S/c1-25-9-8-11-27(21-25)24-41(38,39)32-33-22-29(36(32)28-12-4-3-5-13-28)23-35(16-15-34-17-19-40-20-18-34)31(37)30-14-7-6-10-26(30)2/h6-11,14,21-22,28H,3-5,12-13,15-20,23-24H2,1-2H3. The van der Waals surface area contributed by atoms with Crippen molar-refractivity contribution in [1.29, 1.82) is 0 Å². The van der Waals surface area contributed by atoms with Crippen LogP contribution in [0.3, 0.4) is 0 Å². The fourth-order valence-electron chi connectivity index (χ4n) is 6.06. The lowest BCUT2D eigenvalue weighted by Gasteiger charge is -2.32. The number of imidazole rings is 1. The molecule has 0 unspecified atom stereocenters. The van der Waals surface area contributed by atoms with E-state index in [9.17, 15) is 13.2 Å². The number of aryl methyl sites for hydroxylation is 2. The van der Waals surface area contributed by atoms with E-state index in [1.807, 2.05) is 71.8 Å². The van der Waals surface area contributed by atoms with Crippen molar-refractivity contribution in [1.82, 2.24) is 19.4 Å². The number of morpholine rings is 1. The Morgan fingerprint density at radius 3 is 2.51 bits per heavy atom. The molecule has 0 N–H and O–H groups in total. The van der Waals surface area contributed by atoms with Crippen LogP contribution in [0.4, 0.5) is 0 Å². The van der Waals surface area contributed by atoms with Gasteiger partial charge >= 0.3 is 0 Å². The Morgan fingerprint density at radius 1 is 1.02 bits per heavy atom. The van der Waals surface area contributed by atoms with E-state index in [4.69, 9.17) is 4.74 Å². The van der Waals surface area contributed by atoms with Crippen LogP contribution in [-0.2, 0) is 26.9 Å². The summed E-state index contributed by atoms with van der Waals surface area (Å²) in [6.07, 6.45) is 6.78. The smallest absolute Gasteiger partial charge is 0.254 e. The van der Waals surface area contributed by atoms with Gasteiger partial charge in [0, 0.05) is 37.8 Å². The van der Waals surface area contributed by atoms with Gasteiger partial charge in [0.2, 0.25) is 15.0 Å². The van der Waals surface area contributed by atoms with E-state index >= 15 is 0 Å². The van der Waals surface area contributed by atoms with Crippen molar-refractivity contribution in [2.75, 3.05) is 39.4 Å². The fourth-order valence-corrected chi connectivity index (χ4v) is 7.58. The van der Waals surface area contributed by atoms with Crippen LogP contribution in [0.1, 0.15) is 70.9 Å². The zero-order chi connectivity index (χ0) is 28.8. The Kier molecular flexibility index (Phi) is 9.57. The molecule has 0 atom stereocenters. The molecular weight excluding hydrogens is 536 g/mol. The van der Waals surface area contributed by atoms with Crippen molar-refractivity contribution in [3.8, 4) is 0 Å². The molecule has 220 valence electrons. The number of carbonyl (C=O) groups is 1. The summed E-state index contributed by atoms with van der Waals surface area (Å²) in [5.74, 6) is -0.141. The van der Waals surface area contributed by atoms with E-state index in [0.29, 0.717) is 31.9 Å². The molecule has 2 heterocycles. The molecule has 1 aromatic heterocycles. The van der Waals surface area contributed by atoms with Crippen LogP contribution in [-0.4, -0.2) is 73.1 Å². The first-order valence-electron chi connectivity index (χ1n) is 14.8. The molecule has 2 aliphatic rings. The van der Waals surface area contributed by atoms with Crippen LogP contribution in [0.15, 0.2) is 59.9 Å². The molecule has 1 amide bonds. The van der Waals surface area contributed by atoms with E-state index in [-0.39, 0.29) is 22.9 Å². The Balaban J connectivity index is 1.48. The summed E-state index contributed by atoms with van der Waals surface area (Å²) in [6, 6.07) is 15.3. The molecule has 41 heavy (non-hydrogen) atoms. The van der Waals surface area contributed by atoms with Gasteiger partial charge in [-0.1, -0.05) is 67.3 Å². The minimum absolute atomic E-state index is 0.0445. The second kappa shape index (κ2) is 13.3. The van der Waals surface area contributed by atoms with Crippen LogP contribution in [0.25, 0.3) is 0 Å². The predicted molar refractivity (Wildman–Crippen MR) is 160 cm³/mol. The van der Waals surface area contributed by atoms with Crippen LogP contribution in [0, 0.1) is 13.8 Å². The lowest BCUT2D eigenvalue weighted by Crippen LogP contribution is -2.43. The molecule has 5 rings (SSSR count). The minimum Gasteiger partial charge on any atom is -0.379 e. The van der Waals surface area contributed by atoms with Gasteiger partial charge in [-0.15, -0.1) is 0 Å². The number of hydrogen-bond acceptors (Lipinski definition) is 6. The average Bonchev–Trinajstić information content (AvgIpc) is 3.41. The summed E-state index contributed by atoms with van der Waals surface area (Å²) in [4.78, 5) is 22.7. The van der Waals surface area contributed by atoms with Gasteiger partial charge in [0.15, 0.2) is 0 Å². The summed E-state index contributed by atoms with van der Waals surface area (Å²) in [5, 5.41) is 0.123. The van der Waals surface area contributed by atoms with E-state index in [2.05, 4.69) is 9.88 Å². The van der Waals surface area contributed by atoms with Crippen LogP contribution in [0.5, 0.6) is 0 Å². The van der Waals surface area contributed by atoms with Gasteiger partial charge in [0.25, 0.3) is 5.91 Å². The summed E-state index contributed by atoms with van der Waals surface area (Å²) in [6.45, 7) is 8.57. The molecular formula is C32H42N4O4S. The van der Waals surface area contributed by atoms with Crippen molar-refractivity contribution < 1.29 is 17.9 Å². The third kappa shape index (κ3) is 7.26. The maximum atomic E-state index is 13.9. The first-order valence-corrected chi connectivity index (χ1v) is 16.5. The molecule has 1 saturated heterocycles. The average molecular weight is 579 g/mol. The Bertz CT molecular complexity index is 1440. The molecule has 3 aromatic rings. The second-order valence-electron chi connectivity index (χ2n) is 11.4. The SMILES string of the molecule is Cc1cccc(CS(=O)(=O)c2ncc(CN(CCN3CCOCC3)C(=O)c3ccccc3C)n2C2CCCCC2)c1. The number of sulfone groups is 1. The predicted octanol–water partition coefficient (Wildman–Crippen LogP) is 4.95. The molecule has 1 aliphatic heterocycles. The highest BCUT2D eigenvalue weighted by atomic mass is 32.2. The second-order valence-corrected chi connectivity index (χ2v) is 13.3. The number of carbonyl (C=O) groups excluding carboxylic acids is 1. The lowest BCUT2D eigenvalue weighted by atomic mass is 9.95. The third-order valence-electron chi connectivity index (χ3n) is 8.30. The number of hydrogen-bond donors (Lipinski definition) is 0. The molecule has 1 aliphatic carbocycles. The highest BCUT2D eigenvalue weighted by molar-refractivity contribution is 7.90. The molecule has 2 fully saturated rings. The van der Waals surface area contributed by atoms with Crippen molar-refractivity contribution in [3.05, 3.63) is 82.7 Å².